The highest BCUT2D eigenvalue weighted by atomic mass is 14.9. The zero-order valence-electron chi connectivity index (χ0n) is 10.2. The molecule has 0 aliphatic heterocycles. The quantitative estimate of drug-likeness (QED) is 0.704. The molecule has 0 aromatic heterocycles. The number of hydrogen-bond acceptors (Lipinski definition) is 2. The van der Waals surface area contributed by atoms with Gasteiger partial charge in [-0.15, -0.1) is 0 Å². The van der Waals surface area contributed by atoms with Crippen LogP contribution in [0.25, 0.3) is 0 Å². The Bertz CT molecular complexity index is 215. The lowest BCUT2D eigenvalue weighted by atomic mass is 9.73. The van der Waals surface area contributed by atoms with E-state index in [1.807, 2.05) is 0 Å². The first-order valence-electron chi connectivity index (χ1n) is 6.27. The van der Waals surface area contributed by atoms with Gasteiger partial charge in [-0.25, -0.2) is 0 Å². The summed E-state index contributed by atoms with van der Waals surface area (Å²) in [4.78, 5) is 0. The molecule has 2 heteroatoms. The lowest BCUT2D eigenvalue weighted by molar-refractivity contribution is 0.168. The van der Waals surface area contributed by atoms with E-state index in [-0.39, 0.29) is 0 Å². The Morgan fingerprint density at radius 2 is 2.13 bits per heavy atom. The van der Waals surface area contributed by atoms with Gasteiger partial charge in [0.25, 0.3) is 0 Å². The molecule has 1 saturated carbocycles. The second-order valence-electron chi connectivity index (χ2n) is 5.36. The van der Waals surface area contributed by atoms with Gasteiger partial charge >= 0.3 is 0 Å². The predicted octanol–water partition coefficient (Wildman–Crippen LogP) is 3.24. The van der Waals surface area contributed by atoms with E-state index < -0.39 is 0 Å². The van der Waals surface area contributed by atoms with Crippen LogP contribution in [0, 0.1) is 16.7 Å². The smallest absolute Gasteiger partial charge is 0.0621 e. The van der Waals surface area contributed by atoms with Crippen LogP contribution in [0.1, 0.15) is 58.8 Å². The molecular formula is C13H24N2. The summed E-state index contributed by atoms with van der Waals surface area (Å²) in [6, 6.07) is 2.88. The van der Waals surface area contributed by atoms with Gasteiger partial charge in [-0.2, -0.15) is 5.26 Å². The molecule has 1 aliphatic carbocycles. The Morgan fingerprint density at radius 1 is 1.33 bits per heavy atom. The minimum absolute atomic E-state index is 0.466. The van der Waals surface area contributed by atoms with Gasteiger partial charge in [-0.05, 0) is 37.6 Å². The fourth-order valence-electron chi connectivity index (χ4n) is 2.48. The SMILES string of the molecule is CC1(C)CCCCC1NCCCCC#N. The number of nitriles is 1. The van der Waals surface area contributed by atoms with Crippen molar-refractivity contribution in [2.75, 3.05) is 6.54 Å². The van der Waals surface area contributed by atoms with Crippen molar-refractivity contribution >= 4 is 0 Å². The highest BCUT2D eigenvalue weighted by Gasteiger charge is 2.31. The maximum Gasteiger partial charge on any atom is 0.0621 e. The normalized spacial score (nSPS) is 24.7. The van der Waals surface area contributed by atoms with Gasteiger partial charge in [0.1, 0.15) is 0 Å². The van der Waals surface area contributed by atoms with Crippen molar-refractivity contribution in [1.29, 1.82) is 5.26 Å². The van der Waals surface area contributed by atoms with Crippen molar-refractivity contribution in [3.05, 3.63) is 0 Å². The maximum atomic E-state index is 8.43. The molecule has 1 aliphatic rings. The summed E-state index contributed by atoms with van der Waals surface area (Å²) >= 11 is 0. The van der Waals surface area contributed by atoms with Crippen LogP contribution in [-0.2, 0) is 0 Å². The van der Waals surface area contributed by atoms with E-state index in [0.29, 0.717) is 17.9 Å². The van der Waals surface area contributed by atoms with E-state index in [9.17, 15) is 0 Å². The third-order valence-corrected chi connectivity index (χ3v) is 3.61. The third kappa shape index (κ3) is 4.22. The fraction of sp³-hybridized carbons (Fsp3) is 0.923. The van der Waals surface area contributed by atoms with Crippen LogP contribution in [0.4, 0.5) is 0 Å². The number of unbranched alkanes of at least 4 members (excludes halogenated alkanes) is 2. The van der Waals surface area contributed by atoms with Crippen LogP contribution in [-0.4, -0.2) is 12.6 Å². The number of rotatable bonds is 5. The van der Waals surface area contributed by atoms with Crippen LogP contribution in [0.3, 0.4) is 0 Å². The van der Waals surface area contributed by atoms with Gasteiger partial charge in [-0.3, -0.25) is 0 Å². The Hall–Kier alpha value is -0.550. The van der Waals surface area contributed by atoms with Gasteiger partial charge in [-0.1, -0.05) is 26.7 Å². The van der Waals surface area contributed by atoms with E-state index in [1.165, 1.54) is 25.7 Å². The third-order valence-electron chi connectivity index (χ3n) is 3.61. The van der Waals surface area contributed by atoms with Gasteiger partial charge in [0.2, 0.25) is 0 Å². The number of nitrogens with one attached hydrogen (secondary N) is 1. The molecule has 1 unspecified atom stereocenters. The molecule has 1 N–H and O–H groups in total. The van der Waals surface area contributed by atoms with Crippen LogP contribution in [0.2, 0.25) is 0 Å². The van der Waals surface area contributed by atoms with E-state index in [4.69, 9.17) is 5.26 Å². The van der Waals surface area contributed by atoms with Gasteiger partial charge in [0.05, 0.1) is 6.07 Å². The Labute approximate surface area is 94.1 Å². The maximum absolute atomic E-state index is 8.43. The molecule has 0 bridgehead atoms. The summed E-state index contributed by atoms with van der Waals surface area (Å²) in [5, 5.41) is 12.1. The molecule has 2 nitrogen and oxygen atoms in total. The minimum Gasteiger partial charge on any atom is -0.313 e. The van der Waals surface area contributed by atoms with Crippen molar-refractivity contribution in [1.82, 2.24) is 5.32 Å². The van der Waals surface area contributed by atoms with Crippen LogP contribution in [0.15, 0.2) is 0 Å². The summed E-state index contributed by atoms with van der Waals surface area (Å²) in [6.07, 6.45) is 8.32. The summed E-state index contributed by atoms with van der Waals surface area (Å²) in [6.45, 7) is 5.83. The molecule has 1 atom stereocenters. The molecule has 0 heterocycles. The van der Waals surface area contributed by atoms with Crippen LogP contribution >= 0.6 is 0 Å². The zero-order chi connectivity index (χ0) is 11.1. The van der Waals surface area contributed by atoms with Crippen molar-refractivity contribution in [3.63, 3.8) is 0 Å². The molecule has 15 heavy (non-hydrogen) atoms. The molecule has 0 saturated heterocycles. The largest absolute Gasteiger partial charge is 0.313 e. The molecule has 1 fully saturated rings. The molecule has 0 aromatic rings. The average molecular weight is 208 g/mol. The first-order chi connectivity index (χ1) is 7.17. The standard InChI is InChI=1S/C13H24N2/c1-13(2)9-5-4-8-12(13)15-11-7-3-6-10-14/h12,15H,3-9,11H2,1-2H3. The molecule has 0 spiro atoms. The fourth-order valence-corrected chi connectivity index (χ4v) is 2.48. The van der Waals surface area contributed by atoms with Crippen molar-refractivity contribution in [2.24, 2.45) is 5.41 Å². The molecular weight excluding hydrogens is 184 g/mol. The first-order valence-corrected chi connectivity index (χ1v) is 6.27. The van der Waals surface area contributed by atoms with Crippen molar-refractivity contribution in [3.8, 4) is 6.07 Å². The zero-order valence-corrected chi connectivity index (χ0v) is 10.2. The molecule has 0 aromatic carbocycles. The highest BCUT2D eigenvalue weighted by Crippen LogP contribution is 2.35. The Kier molecular flexibility index (Phi) is 5.11. The van der Waals surface area contributed by atoms with Crippen molar-refractivity contribution < 1.29 is 0 Å². The molecule has 0 amide bonds. The lowest BCUT2D eigenvalue weighted by Crippen LogP contribution is -2.44. The van der Waals surface area contributed by atoms with Crippen LogP contribution in [0.5, 0.6) is 0 Å². The summed E-state index contributed by atoms with van der Waals surface area (Å²) in [5.74, 6) is 0. The summed E-state index contributed by atoms with van der Waals surface area (Å²) < 4.78 is 0. The average Bonchev–Trinajstić information content (AvgIpc) is 2.19. The second-order valence-corrected chi connectivity index (χ2v) is 5.36. The van der Waals surface area contributed by atoms with Crippen molar-refractivity contribution in [2.45, 2.75) is 64.8 Å². The van der Waals surface area contributed by atoms with Gasteiger partial charge in [0.15, 0.2) is 0 Å². The van der Waals surface area contributed by atoms with E-state index >= 15 is 0 Å². The van der Waals surface area contributed by atoms with Gasteiger partial charge < -0.3 is 5.32 Å². The number of nitrogens with zero attached hydrogens (tertiary/aromatic N) is 1. The second kappa shape index (κ2) is 6.12. The topological polar surface area (TPSA) is 35.8 Å². The van der Waals surface area contributed by atoms with Crippen LogP contribution < -0.4 is 5.32 Å². The minimum atomic E-state index is 0.466. The highest BCUT2D eigenvalue weighted by molar-refractivity contribution is 4.87. The molecule has 1 rings (SSSR count). The first kappa shape index (κ1) is 12.5. The lowest BCUT2D eigenvalue weighted by Gasteiger charge is -2.39. The molecule has 0 radical (unpaired) electrons. The van der Waals surface area contributed by atoms with Gasteiger partial charge in [0, 0.05) is 12.5 Å². The summed E-state index contributed by atoms with van der Waals surface area (Å²) in [5.41, 5.74) is 0.466. The summed E-state index contributed by atoms with van der Waals surface area (Å²) in [7, 11) is 0. The Balaban J connectivity index is 2.16. The monoisotopic (exact) mass is 208 g/mol. The van der Waals surface area contributed by atoms with E-state index in [2.05, 4.69) is 25.2 Å². The number of hydrogen-bond donors (Lipinski definition) is 1. The Morgan fingerprint density at radius 3 is 2.80 bits per heavy atom. The predicted molar refractivity (Wildman–Crippen MR) is 63.5 cm³/mol. The molecule has 86 valence electrons. The van der Waals surface area contributed by atoms with E-state index in [0.717, 1.165) is 19.4 Å². The van der Waals surface area contributed by atoms with E-state index in [1.54, 1.807) is 0 Å².